The Kier molecular flexibility index (Phi) is 4.85. The van der Waals surface area contributed by atoms with Gasteiger partial charge in [-0.3, -0.25) is 0 Å². The zero-order valence-electron chi connectivity index (χ0n) is 8.32. The van der Waals surface area contributed by atoms with Crippen LogP contribution in [0.2, 0.25) is 0 Å². The first kappa shape index (κ1) is 12.8. The van der Waals surface area contributed by atoms with Crippen LogP contribution in [-0.2, 0) is 0 Å². The molecule has 0 aromatic carbocycles. The van der Waals surface area contributed by atoms with Gasteiger partial charge in [-0.1, -0.05) is 13.8 Å². The number of aliphatic hydroxyl groups is 4. The predicted octanol–water partition coefficient (Wildman–Crippen LogP) is -0.642. The Hall–Kier alpha value is -0.160. The highest BCUT2D eigenvalue weighted by molar-refractivity contribution is 4.93. The fourth-order valence-electron chi connectivity index (χ4n) is 1.38. The fourth-order valence-corrected chi connectivity index (χ4v) is 1.38. The number of aliphatic hydroxyl groups excluding tert-OH is 4. The van der Waals surface area contributed by atoms with Crippen molar-refractivity contribution >= 4 is 0 Å². The summed E-state index contributed by atoms with van der Waals surface area (Å²) in [4.78, 5) is 0. The largest absolute Gasteiger partial charge is 0.396 e. The minimum Gasteiger partial charge on any atom is -0.396 e. The maximum absolute atomic E-state index is 9.18. The van der Waals surface area contributed by atoms with Crippen molar-refractivity contribution in [2.45, 2.75) is 20.3 Å². The Morgan fingerprint density at radius 1 is 0.846 bits per heavy atom. The fraction of sp³-hybridized carbons (Fsp3) is 1.00. The lowest BCUT2D eigenvalue weighted by molar-refractivity contribution is -0.108. The van der Waals surface area contributed by atoms with Gasteiger partial charge in [-0.25, -0.2) is 0 Å². The van der Waals surface area contributed by atoms with E-state index in [9.17, 15) is 5.11 Å². The standard InChI is InChI=1S/C9H20O4/c1-3-8(2,4-10)9(5-11,6-12)7-13/h10-13H,3-7H2,1-2H3. The predicted molar refractivity (Wildman–Crippen MR) is 49.2 cm³/mol. The van der Waals surface area contributed by atoms with Crippen molar-refractivity contribution in [2.75, 3.05) is 26.4 Å². The van der Waals surface area contributed by atoms with Gasteiger partial charge in [0.25, 0.3) is 0 Å². The van der Waals surface area contributed by atoms with Crippen LogP contribution in [0.5, 0.6) is 0 Å². The molecule has 0 bridgehead atoms. The van der Waals surface area contributed by atoms with Gasteiger partial charge < -0.3 is 20.4 Å². The maximum atomic E-state index is 9.18. The molecule has 0 aliphatic rings. The van der Waals surface area contributed by atoms with Crippen molar-refractivity contribution in [3.05, 3.63) is 0 Å². The molecule has 4 N–H and O–H groups in total. The van der Waals surface area contributed by atoms with Crippen molar-refractivity contribution in [1.82, 2.24) is 0 Å². The molecule has 4 nitrogen and oxygen atoms in total. The van der Waals surface area contributed by atoms with Gasteiger partial charge in [-0.15, -0.1) is 0 Å². The first-order chi connectivity index (χ1) is 6.05. The maximum Gasteiger partial charge on any atom is 0.0537 e. The van der Waals surface area contributed by atoms with Gasteiger partial charge in [-0.2, -0.15) is 0 Å². The molecular formula is C9H20O4. The summed E-state index contributed by atoms with van der Waals surface area (Å²) in [6.07, 6.45) is 0.588. The topological polar surface area (TPSA) is 80.9 Å². The van der Waals surface area contributed by atoms with Gasteiger partial charge in [0, 0.05) is 17.4 Å². The van der Waals surface area contributed by atoms with Gasteiger partial charge in [0.15, 0.2) is 0 Å². The van der Waals surface area contributed by atoms with Crippen molar-refractivity contribution in [1.29, 1.82) is 0 Å². The molecule has 0 aromatic heterocycles. The second kappa shape index (κ2) is 4.91. The van der Waals surface area contributed by atoms with Crippen LogP contribution in [0, 0.1) is 10.8 Å². The molecule has 0 heterocycles. The first-order valence-corrected chi connectivity index (χ1v) is 4.49. The summed E-state index contributed by atoms with van der Waals surface area (Å²) < 4.78 is 0. The van der Waals surface area contributed by atoms with E-state index in [0.717, 1.165) is 0 Å². The Balaban J connectivity index is 4.87. The number of hydrogen-bond donors (Lipinski definition) is 4. The third kappa shape index (κ3) is 2.02. The molecule has 4 heteroatoms. The van der Waals surface area contributed by atoms with Crippen molar-refractivity contribution in [3.63, 3.8) is 0 Å². The van der Waals surface area contributed by atoms with E-state index in [4.69, 9.17) is 15.3 Å². The third-order valence-electron chi connectivity index (χ3n) is 3.32. The molecule has 0 saturated carbocycles. The molecular weight excluding hydrogens is 172 g/mol. The summed E-state index contributed by atoms with van der Waals surface area (Å²) >= 11 is 0. The molecule has 1 atom stereocenters. The number of hydrogen-bond acceptors (Lipinski definition) is 4. The lowest BCUT2D eigenvalue weighted by Gasteiger charge is -2.44. The molecule has 0 fully saturated rings. The van der Waals surface area contributed by atoms with Crippen molar-refractivity contribution in [2.24, 2.45) is 10.8 Å². The molecule has 13 heavy (non-hydrogen) atoms. The van der Waals surface area contributed by atoms with Crippen LogP contribution in [0.25, 0.3) is 0 Å². The molecule has 0 amide bonds. The Morgan fingerprint density at radius 3 is 1.31 bits per heavy atom. The van der Waals surface area contributed by atoms with Crippen LogP contribution < -0.4 is 0 Å². The zero-order chi connectivity index (χ0) is 10.5. The quantitative estimate of drug-likeness (QED) is 0.451. The second-order valence-corrected chi connectivity index (χ2v) is 3.83. The minimum absolute atomic E-state index is 0.162. The van der Waals surface area contributed by atoms with Crippen molar-refractivity contribution < 1.29 is 20.4 Å². The lowest BCUT2D eigenvalue weighted by Crippen LogP contribution is -2.50. The van der Waals surface area contributed by atoms with E-state index in [0.29, 0.717) is 6.42 Å². The van der Waals surface area contributed by atoms with E-state index in [1.54, 1.807) is 6.92 Å². The average Bonchev–Trinajstić information content (AvgIpc) is 2.20. The summed E-state index contributed by atoms with van der Waals surface area (Å²) in [6.45, 7) is 2.45. The molecule has 1 unspecified atom stereocenters. The normalized spacial score (nSPS) is 17.1. The van der Waals surface area contributed by atoms with E-state index in [1.165, 1.54) is 0 Å². The summed E-state index contributed by atoms with van der Waals surface area (Å²) in [6, 6.07) is 0. The SMILES string of the molecule is CCC(C)(CO)C(CO)(CO)CO. The second-order valence-electron chi connectivity index (χ2n) is 3.83. The average molecular weight is 192 g/mol. The van der Waals surface area contributed by atoms with Crippen LogP contribution in [0.3, 0.4) is 0 Å². The summed E-state index contributed by atoms with van der Waals surface area (Å²) in [7, 11) is 0. The Bertz CT molecular complexity index is 130. The molecule has 0 aromatic rings. The summed E-state index contributed by atoms with van der Waals surface area (Å²) in [5.74, 6) is 0. The Morgan fingerprint density at radius 2 is 1.23 bits per heavy atom. The number of rotatable bonds is 6. The van der Waals surface area contributed by atoms with Crippen LogP contribution in [-0.4, -0.2) is 46.9 Å². The molecule has 0 spiro atoms. The van der Waals surface area contributed by atoms with E-state index in [1.807, 2.05) is 6.92 Å². The van der Waals surface area contributed by atoms with Gasteiger partial charge in [0.1, 0.15) is 0 Å². The van der Waals surface area contributed by atoms with E-state index < -0.39 is 10.8 Å². The van der Waals surface area contributed by atoms with Crippen LogP contribution in [0.1, 0.15) is 20.3 Å². The molecule has 80 valence electrons. The smallest absolute Gasteiger partial charge is 0.0537 e. The third-order valence-corrected chi connectivity index (χ3v) is 3.32. The van der Waals surface area contributed by atoms with Crippen LogP contribution in [0.15, 0.2) is 0 Å². The van der Waals surface area contributed by atoms with Gasteiger partial charge >= 0.3 is 0 Å². The van der Waals surface area contributed by atoms with Crippen LogP contribution in [0.4, 0.5) is 0 Å². The van der Waals surface area contributed by atoms with Crippen LogP contribution >= 0.6 is 0 Å². The highest BCUT2D eigenvalue weighted by Crippen LogP contribution is 2.40. The van der Waals surface area contributed by atoms with E-state index in [2.05, 4.69) is 0 Å². The molecule has 0 rings (SSSR count). The van der Waals surface area contributed by atoms with E-state index in [-0.39, 0.29) is 26.4 Å². The Labute approximate surface area is 78.8 Å². The summed E-state index contributed by atoms with van der Waals surface area (Å²) in [5, 5.41) is 36.6. The molecule has 0 aliphatic heterocycles. The van der Waals surface area contributed by atoms with E-state index >= 15 is 0 Å². The minimum atomic E-state index is -1.00. The van der Waals surface area contributed by atoms with Crippen molar-refractivity contribution in [3.8, 4) is 0 Å². The zero-order valence-corrected chi connectivity index (χ0v) is 8.32. The summed E-state index contributed by atoms with van der Waals surface area (Å²) in [5.41, 5.74) is -1.65. The molecule has 0 saturated heterocycles. The molecule has 0 radical (unpaired) electrons. The highest BCUT2D eigenvalue weighted by Gasteiger charge is 2.45. The monoisotopic (exact) mass is 192 g/mol. The molecule has 0 aliphatic carbocycles. The van der Waals surface area contributed by atoms with Gasteiger partial charge in [-0.05, 0) is 6.42 Å². The lowest BCUT2D eigenvalue weighted by atomic mass is 9.64. The van der Waals surface area contributed by atoms with Gasteiger partial charge in [0.05, 0.1) is 19.8 Å². The first-order valence-electron chi connectivity index (χ1n) is 4.49. The highest BCUT2D eigenvalue weighted by atomic mass is 16.3. The van der Waals surface area contributed by atoms with Gasteiger partial charge in [0.2, 0.25) is 0 Å².